The molecule has 0 unspecified atom stereocenters. The molecule has 0 aliphatic heterocycles. The lowest BCUT2D eigenvalue weighted by atomic mass is 10.1. The number of nitrogens with zero attached hydrogens (tertiary/aromatic N) is 1. The summed E-state index contributed by atoms with van der Waals surface area (Å²) in [5.41, 5.74) is 1.80. The number of ether oxygens (including phenoxy) is 2. The molecule has 1 fully saturated rings. The maximum Gasteiger partial charge on any atom is 0.227 e. The molecule has 2 aromatic rings. The van der Waals surface area contributed by atoms with E-state index in [0.717, 1.165) is 35.5 Å². The highest BCUT2D eigenvalue weighted by Gasteiger charge is 2.33. The van der Waals surface area contributed by atoms with Gasteiger partial charge in [-0.15, -0.1) is 0 Å². The van der Waals surface area contributed by atoms with Crippen LogP contribution in [0, 0.1) is 0 Å². The Kier molecular flexibility index (Phi) is 5.49. The first-order chi connectivity index (χ1) is 12.1. The van der Waals surface area contributed by atoms with Gasteiger partial charge in [0.25, 0.3) is 0 Å². The smallest absolute Gasteiger partial charge is 0.227 e. The van der Waals surface area contributed by atoms with E-state index in [4.69, 9.17) is 21.1 Å². The molecule has 0 N–H and O–H groups in total. The van der Waals surface area contributed by atoms with E-state index in [1.165, 1.54) is 0 Å². The third-order valence-corrected chi connectivity index (χ3v) is 4.80. The molecule has 0 spiro atoms. The number of hydrogen-bond donors (Lipinski definition) is 0. The molecular weight excluding hydrogens is 338 g/mol. The van der Waals surface area contributed by atoms with Crippen LogP contribution in [0.1, 0.15) is 24.0 Å². The molecule has 25 heavy (non-hydrogen) atoms. The standard InChI is InChI=1S/C20H22ClNO3/c1-24-17-9-10-19(25-2)15(11-17)13-22(16-7-8-16)20(23)12-14-5-3-4-6-18(14)21/h3-6,9-11,16H,7-8,12-13H2,1-2H3. The number of methoxy groups -OCH3 is 2. The number of carbonyl (C=O) groups is 1. The molecule has 1 saturated carbocycles. The third kappa shape index (κ3) is 4.26. The van der Waals surface area contributed by atoms with Crippen molar-refractivity contribution in [2.24, 2.45) is 0 Å². The zero-order valence-corrected chi connectivity index (χ0v) is 15.3. The fourth-order valence-electron chi connectivity index (χ4n) is 2.90. The molecule has 1 aliphatic rings. The molecule has 132 valence electrons. The van der Waals surface area contributed by atoms with Crippen molar-refractivity contribution in [1.82, 2.24) is 4.90 Å². The molecule has 1 amide bonds. The first kappa shape index (κ1) is 17.6. The van der Waals surface area contributed by atoms with Gasteiger partial charge in [0.05, 0.1) is 20.6 Å². The Labute approximate surface area is 153 Å². The second-order valence-corrected chi connectivity index (χ2v) is 6.61. The van der Waals surface area contributed by atoms with Crippen molar-refractivity contribution in [2.75, 3.05) is 14.2 Å². The summed E-state index contributed by atoms with van der Waals surface area (Å²) in [6.07, 6.45) is 2.39. The van der Waals surface area contributed by atoms with Gasteiger partial charge in [-0.05, 0) is 42.7 Å². The summed E-state index contributed by atoms with van der Waals surface area (Å²) in [6, 6.07) is 13.4. The molecule has 1 aliphatic carbocycles. The van der Waals surface area contributed by atoms with Crippen LogP contribution in [-0.4, -0.2) is 31.1 Å². The van der Waals surface area contributed by atoms with Gasteiger partial charge >= 0.3 is 0 Å². The quantitative estimate of drug-likeness (QED) is 0.747. The van der Waals surface area contributed by atoms with Crippen molar-refractivity contribution in [2.45, 2.75) is 31.8 Å². The molecule has 0 atom stereocenters. The first-order valence-corrected chi connectivity index (χ1v) is 8.74. The van der Waals surface area contributed by atoms with Gasteiger partial charge in [-0.1, -0.05) is 29.8 Å². The van der Waals surface area contributed by atoms with E-state index < -0.39 is 0 Å². The van der Waals surface area contributed by atoms with E-state index >= 15 is 0 Å². The highest BCUT2D eigenvalue weighted by molar-refractivity contribution is 6.31. The van der Waals surface area contributed by atoms with E-state index in [0.29, 0.717) is 24.0 Å². The van der Waals surface area contributed by atoms with E-state index in [9.17, 15) is 4.79 Å². The SMILES string of the molecule is COc1ccc(OC)c(CN(C(=O)Cc2ccccc2Cl)C2CC2)c1. The fraction of sp³-hybridized carbons (Fsp3) is 0.350. The minimum atomic E-state index is 0.0838. The summed E-state index contributed by atoms with van der Waals surface area (Å²) in [6.45, 7) is 0.508. The number of benzene rings is 2. The Bertz CT molecular complexity index is 758. The molecule has 3 rings (SSSR count). The Morgan fingerprint density at radius 2 is 1.88 bits per heavy atom. The molecule has 0 bridgehead atoms. The molecule has 4 nitrogen and oxygen atoms in total. The van der Waals surface area contributed by atoms with E-state index in [-0.39, 0.29) is 5.91 Å². The van der Waals surface area contributed by atoms with Crippen LogP contribution in [0.15, 0.2) is 42.5 Å². The minimum absolute atomic E-state index is 0.0838. The summed E-state index contributed by atoms with van der Waals surface area (Å²) < 4.78 is 10.8. The average Bonchev–Trinajstić information content (AvgIpc) is 3.46. The van der Waals surface area contributed by atoms with Gasteiger partial charge in [0.1, 0.15) is 11.5 Å². The normalized spacial score (nSPS) is 13.4. The Morgan fingerprint density at radius 1 is 1.12 bits per heavy atom. The Hall–Kier alpha value is -2.20. The maximum atomic E-state index is 12.9. The summed E-state index contributed by atoms with van der Waals surface area (Å²) >= 11 is 6.21. The van der Waals surface area contributed by atoms with Crippen molar-refractivity contribution in [3.63, 3.8) is 0 Å². The summed E-state index contributed by atoms with van der Waals surface area (Å²) in [7, 11) is 3.27. The van der Waals surface area contributed by atoms with Crippen LogP contribution in [0.5, 0.6) is 11.5 Å². The van der Waals surface area contributed by atoms with Gasteiger partial charge in [0.15, 0.2) is 0 Å². The van der Waals surface area contributed by atoms with E-state index in [2.05, 4.69) is 0 Å². The van der Waals surface area contributed by atoms with Crippen molar-refractivity contribution >= 4 is 17.5 Å². The Balaban J connectivity index is 1.80. The second kappa shape index (κ2) is 7.79. The van der Waals surface area contributed by atoms with Crippen LogP contribution >= 0.6 is 11.6 Å². The zero-order chi connectivity index (χ0) is 17.8. The lowest BCUT2D eigenvalue weighted by Crippen LogP contribution is -2.34. The number of amides is 1. The predicted molar refractivity (Wildman–Crippen MR) is 98.3 cm³/mol. The molecule has 2 aromatic carbocycles. The van der Waals surface area contributed by atoms with E-state index in [1.807, 2.05) is 47.4 Å². The third-order valence-electron chi connectivity index (χ3n) is 4.44. The second-order valence-electron chi connectivity index (χ2n) is 6.20. The van der Waals surface area contributed by atoms with Crippen LogP contribution in [-0.2, 0) is 17.8 Å². The highest BCUT2D eigenvalue weighted by Crippen LogP contribution is 2.32. The molecule has 0 radical (unpaired) electrons. The van der Waals surface area contributed by atoms with Crippen molar-refractivity contribution < 1.29 is 14.3 Å². The largest absolute Gasteiger partial charge is 0.497 e. The molecule has 0 heterocycles. The van der Waals surface area contributed by atoms with Crippen LogP contribution in [0.3, 0.4) is 0 Å². The molecular formula is C20H22ClNO3. The van der Waals surface area contributed by atoms with Crippen LogP contribution in [0.25, 0.3) is 0 Å². The fourth-order valence-corrected chi connectivity index (χ4v) is 3.10. The van der Waals surface area contributed by atoms with Crippen LogP contribution < -0.4 is 9.47 Å². The van der Waals surface area contributed by atoms with Gasteiger partial charge in [0, 0.05) is 23.2 Å². The van der Waals surface area contributed by atoms with Crippen LogP contribution in [0.4, 0.5) is 0 Å². The average molecular weight is 360 g/mol. The van der Waals surface area contributed by atoms with Gasteiger partial charge in [-0.25, -0.2) is 0 Å². The van der Waals surface area contributed by atoms with E-state index in [1.54, 1.807) is 14.2 Å². The maximum absolute atomic E-state index is 12.9. The Morgan fingerprint density at radius 3 is 2.52 bits per heavy atom. The summed E-state index contributed by atoms with van der Waals surface area (Å²) in [5, 5.41) is 0.630. The van der Waals surface area contributed by atoms with Crippen molar-refractivity contribution in [3.8, 4) is 11.5 Å². The van der Waals surface area contributed by atoms with Crippen LogP contribution in [0.2, 0.25) is 5.02 Å². The monoisotopic (exact) mass is 359 g/mol. The predicted octanol–water partition coefficient (Wildman–Crippen LogP) is 4.09. The minimum Gasteiger partial charge on any atom is -0.497 e. The summed E-state index contributed by atoms with van der Waals surface area (Å²) in [4.78, 5) is 14.8. The lowest BCUT2D eigenvalue weighted by Gasteiger charge is -2.24. The molecule has 5 heteroatoms. The van der Waals surface area contributed by atoms with Crippen molar-refractivity contribution in [3.05, 3.63) is 58.6 Å². The first-order valence-electron chi connectivity index (χ1n) is 8.36. The molecule has 0 saturated heterocycles. The van der Waals surface area contributed by atoms with Gasteiger partial charge < -0.3 is 14.4 Å². The van der Waals surface area contributed by atoms with Gasteiger partial charge in [-0.3, -0.25) is 4.79 Å². The number of rotatable bonds is 7. The number of halogens is 1. The van der Waals surface area contributed by atoms with Crippen molar-refractivity contribution in [1.29, 1.82) is 0 Å². The van der Waals surface area contributed by atoms with Gasteiger partial charge in [-0.2, -0.15) is 0 Å². The lowest BCUT2D eigenvalue weighted by molar-refractivity contribution is -0.131. The topological polar surface area (TPSA) is 38.8 Å². The molecule has 0 aromatic heterocycles. The summed E-state index contributed by atoms with van der Waals surface area (Å²) in [5.74, 6) is 1.60. The highest BCUT2D eigenvalue weighted by atomic mass is 35.5. The zero-order valence-electron chi connectivity index (χ0n) is 14.5. The number of hydrogen-bond acceptors (Lipinski definition) is 3. The number of carbonyl (C=O) groups excluding carboxylic acids is 1. The van der Waals surface area contributed by atoms with Gasteiger partial charge in [0.2, 0.25) is 5.91 Å².